The lowest BCUT2D eigenvalue weighted by atomic mass is 10.4. The molecule has 0 aliphatic rings. The number of imidazole rings is 2. The van der Waals surface area contributed by atoms with Crippen molar-refractivity contribution in [2.24, 2.45) is 0 Å². The quantitative estimate of drug-likeness (QED) is 0.514. The van der Waals surface area contributed by atoms with Crippen LogP contribution in [0.15, 0.2) is 49.3 Å². The maximum atomic E-state index is 4.00. The van der Waals surface area contributed by atoms with E-state index in [9.17, 15) is 0 Å². The van der Waals surface area contributed by atoms with E-state index < -0.39 is 0 Å². The van der Waals surface area contributed by atoms with Crippen molar-refractivity contribution in [2.45, 2.75) is 27.7 Å². The Balaban J connectivity index is 0.000000180. The maximum Gasteiger partial charge on any atom is 0.177 e. The SMILES string of the molecule is CC.CC.c1cnc2nc[nH]c2c1.c1cnc2nc[nH]c2c1. The van der Waals surface area contributed by atoms with E-state index in [1.165, 1.54) is 0 Å². The highest BCUT2D eigenvalue weighted by Crippen LogP contribution is 2.02. The van der Waals surface area contributed by atoms with Crippen LogP contribution in [0.25, 0.3) is 22.3 Å². The van der Waals surface area contributed by atoms with E-state index in [0.717, 1.165) is 22.3 Å². The number of hydrogen-bond donors (Lipinski definition) is 2. The Morgan fingerprint density at radius 1 is 0.636 bits per heavy atom. The molecule has 2 N–H and O–H groups in total. The standard InChI is InChI=1S/2C6H5N3.2C2H6/c2*1-2-5-6(7-3-1)9-4-8-5;2*1-2/h2*1-4H,(H,7,8,9);2*1-2H3. The van der Waals surface area contributed by atoms with E-state index in [2.05, 4.69) is 29.9 Å². The van der Waals surface area contributed by atoms with Crippen LogP contribution in [0.1, 0.15) is 27.7 Å². The summed E-state index contributed by atoms with van der Waals surface area (Å²) in [6.45, 7) is 8.00. The van der Waals surface area contributed by atoms with Crippen LogP contribution in [0, 0.1) is 0 Å². The molecular formula is C16H22N6. The molecule has 4 rings (SSSR count). The lowest BCUT2D eigenvalue weighted by molar-refractivity contribution is 1.30. The van der Waals surface area contributed by atoms with E-state index >= 15 is 0 Å². The topological polar surface area (TPSA) is 83.1 Å². The molecule has 0 unspecified atom stereocenters. The first kappa shape index (κ1) is 17.3. The number of aromatic amines is 2. The third kappa shape index (κ3) is 4.66. The first-order chi connectivity index (χ1) is 10.9. The normalized spacial score (nSPS) is 8.91. The molecule has 0 spiro atoms. The zero-order valence-electron chi connectivity index (χ0n) is 13.4. The predicted molar refractivity (Wildman–Crippen MR) is 90.5 cm³/mol. The largest absolute Gasteiger partial charge is 0.343 e. The van der Waals surface area contributed by atoms with Gasteiger partial charge < -0.3 is 9.97 Å². The first-order valence-electron chi connectivity index (χ1n) is 7.42. The van der Waals surface area contributed by atoms with Gasteiger partial charge in [-0.25, -0.2) is 19.9 Å². The molecule has 0 saturated heterocycles. The summed E-state index contributed by atoms with van der Waals surface area (Å²) >= 11 is 0. The van der Waals surface area contributed by atoms with Crippen molar-refractivity contribution in [3.05, 3.63) is 49.3 Å². The van der Waals surface area contributed by atoms with Crippen LogP contribution < -0.4 is 0 Å². The highest BCUT2D eigenvalue weighted by Gasteiger charge is 1.90. The van der Waals surface area contributed by atoms with Crippen molar-refractivity contribution in [2.75, 3.05) is 0 Å². The predicted octanol–water partition coefficient (Wildman–Crippen LogP) is 3.97. The molecule has 0 amide bonds. The molecule has 0 radical (unpaired) electrons. The summed E-state index contributed by atoms with van der Waals surface area (Å²) in [5.74, 6) is 0. The summed E-state index contributed by atoms with van der Waals surface area (Å²) in [5, 5.41) is 0. The van der Waals surface area contributed by atoms with Crippen LogP contribution in [0.4, 0.5) is 0 Å². The summed E-state index contributed by atoms with van der Waals surface area (Å²) in [4.78, 5) is 21.8. The summed E-state index contributed by atoms with van der Waals surface area (Å²) < 4.78 is 0. The Bertz CT molecular complexity index is 633. The number of fused-ring (bicyclic) bond motifs is 2. The molecule has 0 fully saturated rings. The monoisotopic (exact) mass is 298 g/mol. The van der Waals surface area contributed by atoms with E-state index in [1.54, 1.807) is 25.0 Å². The smallest absolute Gasteiger partial charge is 0.177 e. The van der Waals surface area contributed by atoms with Gasteiger partial charge in [0.2, 0.25) is 0 Å². The second kappa shape index (κ2) is 10.0. The van der Waals surface area contributed by atoms with Gasteiger partial charge in [0.1, 0.15) is 0 Å². The van der Waals surface area contributed by atoms with Crippen LogP contribution in [-0.4, -0.2) is 29.9 Å². The number of hydrogen-bond acceptors (Lipinski definition) is 4. The average Bonchev–Trinajstić information content (AvgIpc) is 3.28. The zero-order chi connectivity index (χ0) is 16.2. The second-order valence-corrected chi connectivity index (χ2v) is 3.55. The number of nitrogens with one attached hydrogen (secondary N) is 2. The fourth-order valence-electron chi connectivity index (χ4n) is 1.55. The van der Waals surface area contributed by atoms with Crippen molar-refractivity contribution in [1.82, 2.24) is 29.9 Å². The highest BCUT2D eigenvalue weighted by molar-refractivity contribution is 5.69. The van der Waals surface area contributed by atoms with Gasteiger partial charge >= 0.3 is 0 Å². The Labute approximate surface area is 130 Å². The Hall–Kier alpha value is -2.76. The minimum Gasteiger partial charge on any atom is -0.343 e. The molecule has 0 aliphatic carbocycles. The van der Waals surface area contributed by atoms with Crippen molar-refractivity contribution < 1.29 is 0 Å². The van der Waals surface area contributed by atoms with Gasteiger partial charge in [0.05, 0.1) is 23.7 Å². The van der Waals surface area contributed by atoms with Crippen molar-refractivity contribution in [1.29, 1.82) is 0 Å². The number of aromatic nitrogens is 6. The van der Waals surface area contributed by atoms with Crippen LogP contribution in [0.2, 0.25) is 0 Å². The lowest BCUT2D eigenvalue weighted by Crippen LogP contribution is -1.71. The fraction of sp³-hybridized carbons (Fsp3) is 0.250. The third-order valence-electron chi connectivity index (χ3n) is 2.39. The van der Waals surface area contributed by atoms with Crippen LogP contribution in [-0.2, 0) is 0 Å². The minimum absolute atomic E-state index is 0.775. The van der Waals surface area contributed by atoms with Crippen LogP contribution in [0.3, 0.4) is 0 Å². The summed E-state index contributed by atoms with van der Waals surface area (Å²) in [7, 11) is 0. The van der Waals surface area contributed by atoms with Gasteiger partial charge in [0, 0.05) is 12.4 Å². The first-order valence-corrected chi connectivity index (χ1v) is 7.42. The molecule has 0 bridgehead atoms. The summed E-state index contributed by atoms with van der Waals surface area (Å²) in [6, 6.07) is 7.63. The van der Waals surface area contributed by atoms with Gasteiger partial charge in [0.15, 0.2) is 11.3 Å². The molecule has 116 valence electrons. The van der Waals surface area contributed by atoms with Crippen LogP contribution in [0.5, 0.6) is 0 Å². The minimum atomic E-state index is 0.775. The number of pyridine rings is 2. The van der Waals surface area contributed by atoms with Gasteiger partial charge in [-0.3, -0.25) is 0 Å². The van der Waals surface area contributed by atoms with Gasteiger partial charge in [-0.1, -0.05) is 27.7 Å². The Kier molecular flexibility index (Phi) is 7.89. The number of rotatable bonds is 0. The van der Waals surface area contributed by atoms with E-state index in [1.807, 2.05) is 52.0 Å². The number of nitrogens with zero attached hydrogens (tertiary/aromatic N) is 4. The molecular weight excluding hydrogens is 276 g/mol. The van der Waals surface area contributed by atoms with Gasteiger partial charge in [-0.15, -0.1) is 0 Å². The number of H-pyrrole nitrogens is 2. The molecule has 4 heterocycles. The van der Waals surface area contributed by atoms with Gasteiger partial charge in [-0.05, 0) is 24.3 Å². The molecule has 0 aliphatic heterocycles. The van der Waals surface area contributed by atoms with Crippen molar-refractivity contribution in [3.63, 3.8) is 0 Å². The van der Waals surface area contributed by atoms with Gasteiger partial charge in [0.25, 0.3) is 0 Å². The average molecular weight is 298 g/mol. The van der Waals surface area contributed by atoms with E-state index in [4.69, 9.17) is 0 Å². The van der Waals surface area contributed by atoms with Crippen LogP contribution >= 0.6 is 0 Å². The Morgan fingerprint density at radius 2 is 1.05 bits per heavy atom. The molecule has 4 aromatic heterocycles. The van der Waals surface area contributed by atoms with Crippen molar-refractivity contribution in [3.8, 4) is 0 Å². The molecule has 6 heteroatoms. The zero-order valence-corrected chi connectivity index (χ0v) is 13.4. The molecule has 0 atom stereocenters. The molecule has 4 aromatic rings. The lowest BCUT2D eigenvalue weighted by Gasteiger charge is -1.80. The summed E-state index contributed by atoms with van der Waals surface area (Å²) in [5.41, 5.74) is 3.52. The Morgan fingerprint density at radius 3 is 1.41 bits per heavy atom. The van der Waals surface area contributed by atoms with E-state index in [0.29, 0.717) is 0 Å². The fourth-order valence-corrected chi connectivity index (χ4v) is 1.55. The maximum absolute atomic E-state index is 4.00. The summed E-state index contributed by atoms with van der Waals surface area (Å²) in [6.07, 6.45) is 6.72. The third-order valence-corrected chi connectivity index (χ3v) is 2.39. The molecule has 22 heavy (non-hydrogen) atoms. The van der Waals surface area contributed by atoms with Crippen molar-refractivity contribution >= 4 is 22.3 Å². The second-order valence-electron chi connectivity index (χ2n) is 3.55. The molecule has 0 aromatic carbocycles. The highest BCUT2D eigenvalue weighted by atomic mass is 14.9. The van der Waals surface area contributed by atoms with Gasteiger partial charge in [-0.2, -0.15) is 0 Å². The molecule has 0 saturated carbocycles. The molecule has 6 nitrogen and oxygen atoms in total. The van der Waals surface area contributed by atoms with E-state index in [-0.39, 0.29) is 0 Å².